The van der Waals surface area contributed by atoms with Crippen molar-refractivity contribution < 1.29 is 4.74 Å². The normalized spacial score (nSPS) is 21.3. The lowest BCUT2D eigenvalue weighted by atomic mass is 10.1. The number of amidine groups is 1. The highest BCUT2D eigenvalue weighted by Gasteiger charge is 2.25. The van der Waals surface area contributed by atoms with Crippen LogP contribution in [0.1, 0.15) is 25.1 Å². The minimum Gasteiger partial charge on any atom is -0.378 e. The van der Waals surface area contributed by atoms with Gasteiger partial charge in [-0.3, -0.25) is 4.90 Å². The maximum Gasteiger partial charge on any atom is 0.159 e. The molecule has 3 aliphatic heterocycles. The van der Waals surface area contributed by atoms with Crippen molar-refractivity contribution in [3.05, 3.63) is 5.82 Å². The lowest BCUT2D eigenvalue weighted by Gasteiger charge is -2.32. The second-order valence-corrected chi connectivity index (χ2v) is 8.23. The van der Waals surface area contributed by atoms with Gasteiger partial charge in [-0.2, -0.15) is 0 Å². The maximum absolute atomic E-state index is 5.47. The Balaban J connectivity index is 1.60. The molecule has 3 aliphatic rings. The predicted octanol–water partition coefficient (Wildman–Crippen LogP) is 2.00. The summed E-state index contributed by atoms with van der Waals surface area (Å²) in [4.78, 5) is 21.6. The number of thioether (sulfide) groups is 1. The number of aromatic nitrogens is 2. The molecule has 1 aromatic rings. The van der Waals surface area contributed by atoms with E-state index >= 15 is 0 Å². The average molecular weight is 377 g/mol. The highest BCUT2D eigenvalue weighted by molar-refractivity contribution is 8.00. The van der Waals surface area contributed by atoms with Crippen LogP contribution in [0.2, 0.25) is 0 Å². The molecule has 2 fully saturated rings. The molecule has 0 unspecified atom stereocenters. The van der Waals surface area contributed by atoms with Crippen LogP contribution in [0, 0.1) is 0 Å². The van der Waals surface area contributed by atoms with Crippen LogP contribution in [0.4, 0.5) is 11.5 Å². The van der Waals surface area contributed by atoms with E-state index in [1.807, 2.05) is 14.1 Å². The molecule has 0 aliphatic carbocycles. The molecule has 142 valence electrons. The van der Waals surface area contributed by atoms with E-state index in [0.29, 0.717) is 0 Å². The molecule has 8 heteroatoms. The molecule has 0 atom stereocenters. The van der Waals surface area contributed by atoms with Crippen molar-refractivity contribution in [1.82, 2.24) is 19.8 Å². The van der Waals surface area contributed by atoms with E-state index in [4.69, 9.17) is 19.7 Å². The van der Waals surface area contributed by atoms with Crippen LogP contribution in [-0.4, -0.2) is 84.8 Å². The first-order chi connectivity index (χ1) is 12.7. The van der Waals surface area contributed by atoms with Crippen molar-refractivity contribution in [3.63, 3.8) is 0 Å². The van der Waals surface area contributed by atoms with Gasteiger partial charge in [-0.1, -0.05) is 18.2 Å². The van der Waals surface area contributed by atoms with Crippen molar-refractivity contribution in [1.29, 1.82) is 0 Å². The van der Waals surface area contributed by atoms with Gasteiger partial charge in [0.15, 0.2) is 5.82 Å². The minimum absolute atomic E-state index is 0.780. The lowest BCUT2D eigenvalue weighted by molar-refractivity contribution is 0.0679. The van der Waals surface area contributed by atoms with Crippen molar-refractivity contribution in [3.8, 4) is 0 Å². The van der Waals surface area contributed by atoms with Crippen molar-refractivity contribution in [2.75, 3.05) is 64.1 Å². The van der Waals surface area contributed by atoms with E-state index < -0.39 is 0 Å². The van der Waals surface area contributed by atoms with Crippen LogP contribution >= 0.6 is 11.8 Å². The monoisotopic (exact) mass is 376 g/mol. The molecule has 7 nitrogen and oxygen atoms in total. The highest BCUT2D eigenvalue weighted by atomic mass is 32.2. The van der Waals surface area contributed by atoms with Crippen molar-refractivity contribution in [2.24, 2.45) is 4.99 Å². The van der Waals surface area contributed by atoms with E-state index in [9.17, 15) is 0 Å². The van der Waals surface area contributed by atoms with Gasteiger partial charge < -0.3 is 14.5 Å². The molecule has 4 rings (SSSR count). The number of hydrogen-bond acceptors (Lipinski definition) is 8. The Bertz CT molecular complexity index is 668. The molecule has 4 heterocycles. The van der Waals surface area contributed by atoms with Crippen molar-refractivity contribution in [2.45, 2.75) is 30.8 Å². The zero-order chi connectivity index (χ0) is 17.9. The number of nitrogens with zero attached hydrogens (tertiary/aromatic N) is 6. The van der Waals surface area contributed by atoms with Crippen LogP contribution in [0.5, 0.6) is 0 Å². The number of piperidine rings is 1. The lowest BCUT2D eigenvalue weighted by Crippen LogP contribution is -2.42. The quantitative estimate of drug-likeness (QED) is 0.748. The third-order valence-electron chi connectivity index (χ3n) is 5.07. The summed E-state index contributed by atoms with van der Waals surface area (Å²) in [5.41, 5.74) is 0.926. The van der Waals surface area contributed by atoms with E-state index in [1.54, 1.807) is 11.8 Å². The average Bonchev–Trinajstić information content (AvgIpc) is 2.68. The van der Waals surface area contributed by atoms with E-state index in [1.165, 1.54) is 19.3 Å². The fourth-order valence-corrected chi connectivity index (χ4v) is 4.60. The van der Waals surface area contributed by atoms with Gasteiger partial charge in [0.1, 0.15) is 22.4 Å². The van der Waals surface area contributed by atoms with Gasteiger partial charge in [0.2, 0.25) is 0 Å². The summed E-state index contributed by atoms with van der Waals surface area (Å²) < 4.78 is 5.47. The van der Waals surface area contributed by atoms with Crippen LogP contribution in [0.15, 0.2) is 10.0 Å². The van der Waals surface area contributed by atoms with Crippen LogP contribution in [-0.2, 0) is 11.3 Å². The van der Waals surface area contributed by atoms with Gasteiger partial charge >= 0.3 is 0 Å². The highest BCUT2D eigenvalue weighted by Crippen LogP contribution is 2.39. The molecule has 2 saturated heterocycles. The Morgan fingerprint density at radius 3 is 2.54 bits per heavy atom. The van der Waals surface area contributed by atoms with E-state index in [0.717, 1.165) is 79.9 Å². The number of fused-ring (bicyclic) bond motifs is 1. The van der Waals surface area contributed by atoms with Crippen LogP contribution in [0.3, 0.4) is 0 Å². The zero-order valence-electron chi connectivity index (χ0n) is 15.8. The summed E-state index contributed by atoms with van der Waals surface area (Å²) in [6.45, 7) is 6.55. The molecule has 1 aromatic heterocycles. The summed E-state index contributed by atoms with van der Waals surface area (Å²) in [6.07, 6.45) is 3.92. The molecular weight excluding hydrogens is 348 g/mol. The molecule has 0 N–H and O–H groups in total. The maximum atomic E-state index is 5.47. The zero-order valence-corrected chi connectivity index (χ0v) is 16.6. The summed E-state index contributed by atoms with van der Waals surface area (Å²) in [6, 6.07) is 0. The molecule has 0 amide bonds. The fraction of sp³-hybridized carbons (Fsp3) is 0.722. The fourth-order valence-electron chi connectivity index (χ4n) is 3.64. The number of aliphatic imine (C=N–C) groups is 1. The van der Waals surface area contributed by atoms with Gasteiger partial charge in [0.05, 0.1) is 25.5 Å². The van der Waals surface area contributed by atoms with Crippen molar-refractivity contribution >= 4 is 29.1 Å². The number of rotatable bonds is 3. The van der Waals surface area contributed by atoms with Crippen LogP contribution < -0.4 is 4.90 Å². The third kappa shape index (κ3) is 3.97. The van der Waals surface area contributed by atoms with Gasteiger partial charge in [0, 0.05) is 27.2 Å². The number of likely N-dealkylation sites (tertiary alicyclic amines) is 1. The number of morpholine rings is 1. The molecule has 26 heavy (non-hydrogen) atoms. The largest absolute Gasteiger partial charge is 0.378 e. The summed E-state index contributed by atoms with van der Waals surface area (Å²) in [5, 5.41) is 1.02. The molecular formula is C18H28N6OS. The summed E-state index contributed by atoms with van der Waals surface area (Å²) in [5.74, 6) is 3.85. The van der Waals surface area contributed by atoms with Gasteiger partial charge in [0.25, 0.3) is 0 Å². The first kappa shape index (κ1) is 18.0. The standard InChI is InChI=1S/C18H28N6OS/c1-22(2)17-16-18(20-14(19-17)12-23-6-4-3-5-7-23)26-13-15(21-16)24-8-10-25-11-9-24/h3-13H2,1-2H3. The first-order valence-electron chi connectivity index (χ1n) is 9.54. The summed E-state index contributed by atoms with van der Waals surface area (Å²) >= 11 is 1.79. The van der Waals surface area contributed by atoms with Gasteiger partial charge in [-0.05, 0) is 25.9 Å². The molecule has 0 bridgehead atoms. The number of ether oxygens (including phenoxy) is 1. The first-order valence-corrected chi connectivity index (χ1v) is 10.5. The third-order valence-corrected chi connectivity index (χ3v) is 6.03. The molecule has 0 saturated carbocycles. The molecule has 0 aromatic carbocycles. The Kier molecular flexibility index (Phi) is 5.61. The Morgan fingerprint density at radius 2 is 1.81 bits per heavy atom. The Labute approximate surface area is 159 Å². The van der Waals surface area contributed by atoms with Crippen LogP contribution in [0.25, 0.3) is 0 Å². The topological polar surface area (TPSA) is 57.1 Å². The second-order valence-electron chi connectivity index (χ2n) is 7.26. The van der Waals surface area contributed by atoms with Gasteiger partial charge in [-0.25, -0.2) is 15.0 Å². The molecule has 0 spiro atoms. The van der Waals surface area contributed by atoms with E-state index in [-0.39, 0.29) is 0 Å². The second kappa shape index (κ2) is 8.10. The smallest absolute Gasteiger partial charge is 0.159 e. The Hall–Kier alpha value is -1.38. The van der Waals surface area contributed by atoms with E-state index in [2.05, 4.69) is 14.7 Å². The predicted molar refractivity (Wildman–Crippen MR) is 106 cm³/mol. The minimum atomic E-state index is 0.780. The number of anilines is 1. The Morgan fingerprint density at radius 1 is 1.04 bits per heavy atom. The van der Waals surface area contributed by atoms with Gasteiger partial charge in [-0.15, -0.1) is 0 Å². The summed E-state index contributed by atoms with van der Waals surface area (Å²) in [7, 11) is 4.08. The molecule has 0 radical (unpaired) electrons. The number of hydrogen-bond donors (Lipinski definition) is 0. The SMILES string of the molecule is CN(C)c1nc(CN2CCCCC2)nc2c1N=C(N1CCOCC1)CS2.